The predicted octanol–water partition coefficient (Wildman–Crippen LogP) is 2.32. The Morgan fingerprint density at radius 3 is 2.71 bits per heavy atom. The molecule has 1 heterocycles. The van der Waals surface area contributed by atoms with Crippen LogP contribution in [0.1, 0.15) is 17.0 Å². The first-order valence-corrected chi connectivity index (χ1v) is 5.41. The first-order valence-electron chi connectivity index (χ1n) is 5.41. The molecule has 4 nitrogen and oxygen atoms in total. The number of benzene rings is 1. The zero-order chi connectivity index (χ0) is 12.4. The van der Waals surface area contributed by atoms with E-state index in [1.807, 2.05) is 38.1 Å². The quantitative estimate of drug-likeness (QED) is 0.850. The third-order valence-electron chi connectivity index (χ3n) is 2.76. The number of aliphatic carboxylic acids is 1. The summed E-state index contributed by atoms with van der Waals surface area (Å²) in [5.41, 5.74) is 4.55. The van der Waals surface area contributed by atoms with Crippen molar-refractivity contribution in [3.8, 4) is 11.1 Å². The fourth-order valence-electron chi connectivity index (χ4n) is 1.96. The summed E-state index contributed by atoms with van der Waals surface area (Å²) >= 11 is 0. The molecule has 1 aromatic carbocycles. The Morgan fingerprint density at radius 1 is 1.35 bits per heavy atom. The van der Waals surface area contributed by atoms with E-state index < -0.39 is 5.97 Å². The van der Waals surface area contributed by atoms with Crippen molar-refractivity contribution >= 4 is 5.97 Å². The molecule has 0 unspecified atom stereocenters. The Kier molecular flexibility index (Phi) is 2.95. The highest BCUT2D eigenvalue weighted by atomic mass is 16.4. The molecule has 0 bridgehead atoms. The molecule has 0 saturated heterocycles. The first-order chi connectivity index (χ1) is 8.09. The molecule has 1 aromatic heterocycles. The minimum atomic E-state index is -0.869. The Labute approximate surface area is 99.3 Å². The maximum Gasteiger partial charge on any atom is 0.309 e. The van der Waals surface area contributed by atoms with Gasteiger partial charge in [0.2, 0.25) is 0 Å². The molecule has 4 heteroatoms. The van der Waals surface area contributed by atoms with Gasteiger partial charge in [0.05, 0.1) is 12.1 Å². The normalized spacial score (nSPS) is 10.5. The van der Waals surface area contributed by atoms with Crippen LogP contribution in [0.2, 0.25) is 0 Å². The highest BCUT2D eigenvalue weighted by molar-refractivity contribution is 5.77. The number of aryl methyl sites for hydroxylation is 2. The molecule has 0 radical (unpaired) electrons. The summed E-state index contributed by atoms with van der Waals surface area (Å²) in [7, 11) is 0. The lowest BCUT2D eigenvalue weighted by Gasteiger charge is -2.06. The van der Waals surface area contributed by atoms with Crippen molar-refractivity contribution in [2.75, 3.05) is 0 Å². The molecule has 0 aliphatic rings. The van der Waals surface area contributed by atoms with Crippen molar-refractivity contribution in [2.45, 2.75) is 20.3 Å². The third-order valence-corrected chi connectivity index (χ3v) is 2.76. The van der Waals surface area contributed by atoms with Crippen LogP contribution in [0.5, 0.6) is 0 Å². The van der Waals surface area contributed by atoms with E-state index in [-0.39, 0.29) is 6.42 Å². The molecule has 88 valence electrons. The number of nitrogens with one attached hydrogen (secondary N) is 1. The number of aromatic amines is 1. The molecular formula is C13H14N2O2. The van der Waals surface area contributed by atoms with E-state index in [1.165, 1.54) is 0 Å². The summed E-state index contributed by atoms with van der Waals surface area (Å²) in [6.07, 6.45) is -0.0615. The summed E-state index contributed by atoms with van der Waals surface area (Å²) in [6.45, 7) is 3.91. The van der Waals surface area contributed by atoms with Gasteiger partial charge in [-0.2, -0.15) is 5.10 Å². The van der Waals surface area contributed by atoms with Gasteiger partial charge in [-0.15, -0.1) is 0 Å². The lowest BCUT2D eigenvalue weighted by atomic mass is 9.98. The minimum absolute atomic E-state index is 0.0615. The van der Waals surface area contributed by atoms with Crippen molar-refractivity contribution < 1.29 is 9.90 Å². The number of carbonyl (C=O) groups is 1. The van der Waals surface area contributed by atoms with Crippen LogP contribution in [-0.4, -0.2) is 21.3 Å². The molecule has 0 saturated carbocycles. The van der Waals surface area contributed by atoms with Crippen LogP contribution in [0.25, 0.3) is 11.1 Å². The number of H-pyrrole nitrogens is 1. The fraction of sp³-hybridized carbons (Fsp3) is 0.231. The van der Waals surface area contributed by atoms with Crippen molar-refractivity contribution in [1.29, 1.82) is 0 Å². The molecule has 0 aliphatic heterocycles. The monoisotopic (exact) mass is 230 g/mol. The standard InChI is InChI=1S/C13H14N2O2/c1-8-5-3-4-6-10(8)13-9(2)14-15-11(13)7-12(16)17/h3-6H,7H2,1-2H3,(H,14,15)(H,16,17). The first kappa shape index (κ1) is 11.4. The fourth-order valence-corrected chi connectivity index (χ4v) is 1.96. The molecule has 2 rings (SSSR count). The predicted molar refractivity (Wildman–Crippen MR) is 64.8 cm³/mol. The van der Waals surface area contributed by atoms with Gasteiger partial charge in [-0.3, -0.25) is 9.89 Å². The van der Waals surface area contributed by atoms with Gasteiger partial charge >= 0.3 is 5.97 Å². The Hall–Kier alpha value is -2.10. The van der Waals surface area contributed by atoms with E-state index in [0.717, 1.165) is 22.4 Å². The lowest BCUT2D eigenvalue weighted by Crippen LogP contribution is -2.02. The van der Waals surface area contributed by atoms with E-state index in [0.29, 0.717) is 5.69 Å². The van der Waals surface area contributed by atoms with Gasteiger partial charge in [0, 0.05) is 11.3 Å². The third kappa shape index (κ3) is 2.20. The van der Waals surface area contributed by atoms with Gasteiger partial charge in [-0.05, 0) is 25.0 Å². The van der Waals surface area contributed by atoms with E-state index in [2.05, 4.69) is 10.2 Å². The van der Waals surface area contributed by atoms with Crippen LogP contribution in [0, 0.1) is 13.8 Å². The molecule has 2 aromatic rings. The second-order valence-corrected chi connectivity index (χ2v) is 4.06. The van der Waals surface area contributed by atoms with Crippen LogP contribution in [0.4, 0.5) is 0 Å². The maximum absolute atomic E-state index is 10.8. The Bertz CT molecular complexity index is 558. The van der Waals surface area contributed by atoms with Gasteiger partial charge in [-0.25, -0.2) is 0 Å². The SMILES string of the molecule is Cc1ccccc1-c1c(CC(=O)O)n[nH]c1C. The second kappa shape index (κ2) is 4.41. The number of nitrogens with zero attached hydrogens (tertiary/aromatic N) is 1. The van der Waals surface area contributed by atoms with Crippen molar-refractivity contribution in [3.63, 3.8) is 0 Å². The zero-order valence-electron chi connectivity index (χ0n) is 9.82. The van der Waals surface area contributed by atoms with Gasteiger partial charge in [-0.1, -0.05) is 24.3 Å². The summed E-state index contributed by atoms with van der Waals surface area (Å²) in [5.74, 6) is -0.869. The average Bonchev–Trinajstić information content (AvgIpc) is 2.60. The highest BCUT2D eigenvalue weighted by Gasteiger charge is 2.16. The summed E-state index contributed by atoms with van der Waals surface area (Å²) in [6, 6.07) is 7.90. The number of hydrogen-bond donors (Lipinski definition) is 2. The van der Waals surface area contributed by atoms with E-state index in [1.54, 1.807) is 0 Å². The molecule has 2 N–H and O–H groups in total. The van der Waals surface area contributed by atoms with Crippen LogP contribution in [0.15, 0.2) is 24.3 Å². The maximum atomic E-state index is 10.8. The highest BCUT2D eigenvalue weighted by Crippen LogP contribution is 2.28. The van der Waals surface area contributed by atoms with Crippen LogP contribution >= 0.6 is 0 Å². The van der Waals surface area contributed by atoms with Gasteiger partial charge in [0.25, 0.3) is 0 Å². The van der Waals surface area contributed by atoms with Crippen molar-refractivity contribution in [1.82, 2.24) is 10.2 Å². The van der Waals surface area contributed by atoms with Gasteiger partial charge in [0.15, 0.2) is 0 Å². The largest absolute Gasteiger partial charge is 0.481 e. The molecule has 0 amide bonds. The summed E-state index contributed by atoms with van der Waals surface area (Å²) < 4.78 is 0. The number of hydrogen-bond acceptors (Lipinski definition) is 2. The van der Waals surface area contributed by atoms with Crippen LogP contribution in [0.3, 0.4) is 0 Å². The summed E-state index contributed by atoms with van der Waals surface area (Å²) in [4.78, 5) is 10.8. The molecule has 0 aliphatic carbocycles. The minimum Gasteiger partial charge on any atom is -0.481 e. The van der Waals surface area contributed by atoms with Crippen LogP contribution in [-0.2, 0) is 11.2 Å². The second-order valence-electron chi connectivity index (χ2n) is 4.06. The van der Waals surface area contributed by atoms with Crippen molar-refractivity contribution in [2.24, 2.45) is 0 Å². The Morgan fingerprint density at radius 2 is 2.06 bits per heavy atom. The topological polar surface area (TPSA) is 66.0 Å². The van der Waals surface area contributed by atoms with E-state index >= 15 is 0 Å². The molecule has 0 atom stereocenters. The van der Waals surface area contributed by atoms with Gasteiger partial charge in [0.1, 0.15) is 0 Å². The molecule has 0 fully saturated rings. The number of aromatic nitrogens is 2. The average molecular weight is 230 g/mol. The number of carboxylic acids is 1. The van der Waals surface area contributed by atoms with Gasteiger partial charge < -0.3 is 5.11 Å². The molecular weight excluding hydrogens is 216 g/mol. The summed E-state index contributed by atoms with van der Waals surface area (Å²) in [5, 5.41) is 15.8. The Balaban J connectivity index is 2.55. The zero-order valence-corrected chi connectivity index (χ0v) is 9.82. The number of carboxylic acid groups (broad SMARTS) is 1. The van der Waals surface area contributed by atoms with E-state index in [9.17, 15) is 4.79 Å². The lowest BCUT2D eigenvalue weighted by molar-refractivity contribution is -0.136. The molecule has 17 heavy (non-hydrogen) atoms. The van der Waals surface area contributed by atoms with Crippen molar-refractivity contribution in [3.05, 3.63) is 41.2 Å². The smallest absolute Gasteiger partial charge is 0.309 e. The van der Waals surface area contributed by atoms with Crippen LogP contribution < -0.4 is 0 Å². The number of rotatable bonds is 3. The molecule has 0 spiro atoms. The van der Waals surface area contributed by atoms with E-state index in [4.69, 9.17) is 5.11 Å².